The van der Waals surface area contributed by atoms with E-state index in [1.54, 1.807) is 0 Å². The van der Waals surface area contributed by atoms with E-state index in [1.807, 2.05) is 32.0 Å². The van der Waals surface area contributed by atoms with Crippen LogP contribution in [-0.2, 0) is 4.79 Å². The molecule has 1 aliphatic rings. The zero-order valence-corrected chi connectivity index (χ0v) is 13.4. The zero-order chi connectivity index (χ0) is 15.2. The summed E-state index contributed by atoms with van der Waals surface area (Å²) in [5.74, 6) is 0.506. The standard InChI is InChI=1S/C16H22N2O2S/c1-11-7-8-12(2)14(9-11)20-10-15(19)18-16(21)17-13-5-3-4-6-13/h7-9,13H,3-6,10H2,1-2H3,(H2,17,18,19,21). The van der Waals surface area contributed by atoms with Crippen LogP contribution >= 0.6 is 12.2 Å². The third-order valence-corrected chi connectivity index (χ3v) is 3.87. The summed E-state index contributed by atoms with van der Waals surface area (Å²) in [5, 5.41) is 6.24. The quantitative estimate of drug-likeness (QED) is 0.840. The van der Waals surface area contributed by atoms with Gasteiger partial charge in [0.25, 0.3) is 5.91 Å². The fourth-order valence-electron chi connectivity index (χ4n) is 2.46. The van der Waals surface area contributed by atoms with E-state index in [0.29, 0.717) is 11.2 Å². The van der Waals surface area contributed by atoms with Crippen LogP contribution in [0.5, 0.6) is 5.75 Å². The number of hydrogen-bond acceptors (Lipinski definition) is 3. The number of amides is 1. The second-order valence-electron chi connectivity index (χ2n) is 5.56. The van der Waals surface area contributed by atoms with Crippen molar-refractivity contribution in [1.82, 2.24) is 10.6 Å². The van der Waals surface area contributed by atoms with E-state index in [9.17, 15) is 4.79 Å². The molecule has 1 fully saturated rings. The summed E-state index contributed by atoms with van der Waals surface area (Å²) >= 11 is 5.15. The summed E-state index contributed by atoms with van der Waals surface area (Å²) in [6.07, 6.45) is 4.69. The van der Waals surface area contributed by atoms with E-state index >= 15 is 0 Å². The lowest BCUT2D eigenvalue weighted by atomic mass is 10.1. The normalized spacial score (nSPS) is 14.8. The molecule has 0 saturated heterocycles. The van der Waals surface area contributed by atoms with Crippen LogP contribution in [-0.4, -0.2) is 23.7 Å². The maximum atomic E-state index is 11.8. The van der Waals surface area contributed by atoms with E-state index in [2.05, 4.69) is 10.6 Å². The molecule has 1 amide bonds. The highest BCUT2D eigenvalue weighted by atomic mass is 32.1. The van der Waals surface area contributed by atoms with Gasteiger partial charge in [-0.2, -0.15) is 0 Å². The molecule has 2 rings (SSSR count). The highest BCUT2D eigenvalue weighted by Crippen LogP contribution is 2.19. The molecule has 1 saturated carbocycles. The van der Waals surface area contributed by atoms with Crippen LogP contribution in [0.15, 0.2) is 18.2 Å². The molecule has 0 radical (unpaired) electrons. The Balaban J connectivity index is 1.76. The van der Waals surface area contributed by atoms with Crippen molar-refractivity contribution in [2.75, 3.05) is 6.61 Å². The highest BCUT2D eigenvalue weighted by Gasteiger charge is 2.16. The molecule has 2 N–H and O–H groups in total. The molecular weight excluding hydrogens is 284 g/mol. The van der Waals surface area contributed by atoms with Crippen LogP contribution in [0.1, 0.15) is 36.8 Å². The second-order valence-corrected chi connectivity index (χ2v) is 5.97. The molecule has 1 aliphatic carbocycles. The van der Waals surface area contributed by atoms with Gasteiger partial charge in [0.15, 0.2) is 11.7 Å². The van der Waals surface area contributed by atoms with Crippen molar-refractivity contribution in [3.8, 4) is 5.75 Å². The van der Waals surface area contributed by atoms with Crippen molar-refractivity contribution in [3.63, 3.8) is 0 Å². The number of thiocarbonyl (C=S) groups is 1. The lowest BCUT2D eigenvalue weighted by Crippen LogP contribution is -2.44. The number of benzene rings is 1. The number of carbonyl (C=O) groups excluding carboxylic acids is 1. The number of hydrogen-bond donors (Lipinski definition) is 2. The number of nitrogens with one attached hydrogen (secondary N) is 2. The number of rotatable bonds is 4. The Hall–Kier alpha value is -1.62. The average Bonchev–Trinajstić information content (AvgIpc) is 2.92. The van der Waals surface area contributed by atoms with Crippen molar-refractivity contribution in [2.45, 2.75) is 45.6 Å². The molecule has 21 heavy (non-hydrogen) atoms. The predicted octanol–water partition coefficient (Wildman–Crippen LogP) is 2.62. The van der Waals surface area contributed by atoms with Crippen molar-refractivity contribution in [2.24, 2.45) is 0 Å². The summed E-state index contributed by atoms with van der Waals surface area (Å²) in [6.45, 7) is 3.92. The maximum absolute atomic E-state index is 11.8. The third kappa shape index (κ3) is 5.01. The Labute approximate surface area is 131 Å². The van der Waals surface area contributed by atoms with Crippen LogP contribution in [0, 0.1) is 13.8 Å². The molecule has 0 bridgehead atoms. The van der Waals surface area contributed by atoms with Gasteiger partial charge in [-0.3, -0.25) is 4.79 Å². The second kappa shape index (κ2) is 7.41. The minimum atomic E-state index is -0.230. The van der Waals surface area contributed by atoms with E-state index in [4.69, 9.17) is 17.0 Å². The fraction of sp³-hybridized carbons (Fsp3) is 0.500. The van der Waals surface area contributed by atoms with Gasteiger partial charge in [0.05, 0.1) is 0 Å². The van der Waals surface area contributed by atoms with E-state index < -0.39 is 0 Å². The zero-order valence-electron chi connectivity index (χ0n) is 12.6. The molecule has 1 aromatic rings. The van der Waals surface area contributed by atoms with Gasteiger partial charge in [-0.15, -0.1) is 0 Å². The van der Waals surface area contributed by atoms with E-state index in [1.165, 1.54) is 12.8 Å². The summed E-state index contributed by atoms with van der Waals surface area (Å²) in [7, 11) is 0. The maximum Gasteiger partial charge on any atom is 0.264 e. The molecule has 0 spiro atoms. The monoisotopic (exact) mass is 306 g/mol. The van der Waals surface area contributed by atoms with E-state index in [0.717, 1.165) is 29.7 Å². The van der Waals surface area contributed by atoms with E-state index in [-0.39, 0.29) is 12.5 Å². The van der Waals surface area contributed by atoms with Crippen LogP contribution < -0.4 is 15.4 Å². The Kier molecular flexibility index (Phi) is 5.56. The average molecular weight is 306 g/mol. The van der Waals surface area contributed by atoms with Gasteiger partial charge in [-0.05, 0) is 56.1 Å². The SMILES string of the molecule is Cc1ccc(C)c(OCC(=O)NC(=S)NC2CCCC2)c1. The van der Waals surface area contributed by atoms with Gasteiger partial charge in [0.2, 0.25) is 0 Å². The van der Waals surface area contributed by atoms with Crippen LogP contribution in [0.2, 0.25) is 0 Å². The fourth-order valence-corrected chi connectivity index (χ4v) is 2.74. The van der Waals surface area contributed by atoms with Gasteiger partial charge in [0.1, 0.15) is 5.75 Å². The van der Waals surface area contributed by atoms with Gasteiger partial charge in [0, 0.05) is 6.04 Å². The summed E-state index contributed by atoms with van der Waals surface area (Å²) < 4.78 is 5.55. The summed E-state index contributed by atoms with van der Waals surface area (Å²) in [4.78, 5) is 11.8. The molecule has 0 aliphatic heterocycles. The van der Waals surface area contributed by atoms with Crippen LogP contribution in [0.25, 0.3) is 0 Å². The first-order valence-corrected chi connectivity index (χ1v) is 7.76. The first-order valence-electron chi connectivity index (χ1n) is 7.35. The number of aryl methyl sites for hydroxylation is 2. The molecule has 0 heterocycles. The molecular formula is C16H22N2O2S. The van der Waals surface area contributed by atoms with Crippen LogP contribution in [0.3, 0.4) is 0 Å². The minimum Gasteiger partial charge on any atom is -0.483 e. The van der Waals surface area contributed by atoms with Crippen molar-refractivity contribution < 1.29 is 9.53 Å². The lowest BCUT2D eigenvalue weighted by Gasteiger charge is -2.15. The summed E-state index contributed by atoms with van der Waals surface area (Å²) in [5.41, 5.74) is 2.12. The highest BCUT2D eigenvalue weighted by molar-refractivity contribution is 7.80. The van der Waals surface area contributed by atoms with Crippen molar-refractivity contribution >= 4 is 23.2 Å². The van der Waals surface area contributed by atoms with Gasteiger partial charge in [-0.1, -0.05) is 25.0 Å². The Bertz CT molecular complexity index is 525. The van der Waals surface area contributed by atoms with Gasteiger partial charge >= 0.3 is 0 Å². The molecule has 1 aromatic carbocycles. The molecule has 5 heteroatoms. The smallest absolute Gasteiger partial charge is 0.264 e. The predicted molar refractivity (Wildman–Crippen MR) is 87.5 cm³/mol. The first kappa shape index (κ1) is 15.8. The molecule has 0 aromatic heterocycles. The Morgan fingerprint density at radius 3 is 2.76 bits per heavy atom. The van der Waals surface area contributed by atoms with Crippen molar-refractivity contribution in [1.29, 1.82) is 0 Å². The Morgan fingerprint density at radius 2 is 2.05 bits per heavy atom. The lowest BCUT2D eigenvalue weighted by molar-refractivity contribution is -0.121. The number of carbonyl (C=O) groups is 1. The van der Waals surface area contributed by atoms with Crippen LogP contribution in [0.4, 0.5) is 0 Å². The minimum absolute atomic E-state index is 0.0310. The van der Waals surface area contributed by atoms with Gasteiger partial charge < -0.3 is 15.4 Å². The number of ether oxygens (including phenoxy) is 1. The molecule has 4 nitrogen and oxygen atoms in total. The molecule has 0 unspecified atom stereocenters. The third-order valence-electron chi connectivity index (χ3n) is 3.65. The van der Waals surface area contributed by atoms with Gasteiger partial charge in [-0.25, -0.2) is 0 Å². The molecule has 114 valence electrons. The largest absolute Gasteiger partial charge is 0.483 e. The molecule has 0 atom stereocenters. The van der Waals surface area contributed by atoms with Crippen molar-refractivity contribution in [3.05, 3.63) is 29.3 Å². The first-order chi connectivity index (χ1) is 10.0. The summed E-state index contributed by atoms with van der Waals surface area (Å²) in [6, 6.07) is 6.33. The topological polar surface area (TPSA) is 50.4 Å². The Morgan fingerprint density at radius 1 is 1.33 bits per heavy atom.